The lowest BCUT2D eigenvalue weighted by Crippen LogP contribution is -2.41. The highest BCUT2D eigenvalue weighted by Crippen LogP contribution is 2.38. The lowest BCUT2D eigenvalue weighted by Gasteiger charge is -2.41. The molecule has 0 saturated carbocycles. The van der Waals surface area contributed by atoms with E-state index in [1.165, 1.54) is 51.7 Å². The van der Waals surface area contributed by atoms with Gasteiger partial charge in [-0.1, -0.05) is 40.5 Å². The van der Waals surface area contributed by atoms with Gasteiger partial charge in [-0.15, -0.1) is 0 Å². The van der Waals surface area contributed by atoms with E-state index in [9.17, 15) is 0 Å². The SMILES string of the molecule is CCC1(CC)CCN(CCC(C)(C)CN)CC1. The number of piperidine rings is 1. The summed E-state index contributed by atoms with van der Waals surface area (Å²) < 4.78 is 0. The molecule has 0 spiro atoms. The third-order valence-corrected chi connectivity index (χ3v) is 5.07. The lowest BCUT2D eigenvalue weighted by molar-refractivity contribution is 0.0869. The molecule has 1 fully saturated rings. The molecule has 0 radical (unpaired) electrons. The zero-order chi connectivity index (χ0) is 12.9. The topological polar surface area (TPSA) is 29.3 Å². The quantitative estimate of drug-likeness (QED) is 0.772. The van der Waals surface area contributed by atoms with Gasteiger partial charge in [-0.2, -0.15) is 0 Å². The van der Waals surface area contributed by atoms with Crippen molar-refractivity contribution in [2.45, 2.75) is 59.8 Å². The second-order valence-corrected chi connectivity index (χ2v) is 6.67. The molecule has 2 nitrogen and oxygen atoms in total. The Morgan fingerprint density at radius 1 is 1.12 bits per heavy atom. The Labute approximate surface area is 108 Å². The summed E-state index contributed by atoms with van der Waals surface area (Å²) in [5.41, 5.74) is 6.75. The highest BCUT2D eigenvalue weighted by atomic mass is 15.1. The second kappa shape index (κ2) is 6.19. The minimum Gasteiger partial charge on any atom is -0.330 e. The fourth-order valence-electron chi connectivity index (χ4n) is 2.77. The molecule has 0 aliphatic carbocycles. The lowest BCUT2D eigenvalue weighted by atomic mass is 9.74. The number of nitrogens with two attached hydrogens (primary N) is 1. The van der Waals surface area contributed by atoms with E-state index in [0.29, 0.717) is 10.8 Å². The summed E-state index contributed by atoms with van der Waals surface area (Å²) in [6.45, 7) is 13.9. The Morgan fingerprint density at radius 3 is 2.06 bits per heavy atom. The first-order valence-electron chi connectivity index (χ1n) is 7.39. The van der Waals surface area contributed by atoms with Crippen molar-refractivity contribution < 1.29 is 0 Å². The molecular formula is C15H32N2. The van der Waals surface area contributed by atoms with Crippen LogP contribution in [0.1, 0.15) is 59.8 Å². The average molecular weight is 240 g/mol. The Morgan fingerprint density at radius 2 is 1.65 bits per heavy atom. The Kier molecular flexibility index (Phi) is 5.46. The maximum atomic E-state index is 5.79. The van der Waals surface area contributed by atoms with Crippen LogP contribution in [0.15, 0.2) is 0 Å². The molecule has 17 heavy (non-hydrogen) atoms. The molecule has 0 aromatic rings. The van der Waals surface area contributed by atoms with Gasteiger partial charge >= 0.3 is 0 Å². The van der Waals surface area contributed by atoms with Gasteiger partial charge in [0.2, 0.25) is 0 Å². The third kappa shape index (κ3) is 4.26. The van der Waals surface area contributed by atoms with E-state index in [2.05, 4.69) is 32.6 Å². The number of rotatable bonds is 6. The van der Waals surface area contributed by atoms with Gasteiger partial charge in [-0.3, -0.25) is 0 Å². The van der Waals surface area contributed by atoms with Gasteiger partial charge < -0.3 is 10.6 Å². The monoisotopic (exact) mass is 240 g/mol. The molecule has 0 amide bonds. The first-order chi connectivity index (χ1) is 7.97. The molecule has 0 bridgehead atoms. The molecule has 102 valence electrons. The fraction of sp³-hybridized carbons (Fsp3) is 1.00. The molecule has 2 N–H and O–H groups in total. The second-order valence-electron chi connectivity index (χ2n) is 6.67. The normalized spacial score (nSPS) is 21.7. The van der Waals surface area contributed by atoms with Gasteiger partial charge in [0.1, 0.15) is 0 Å². The highest BCUT2D eigenvalue weighted by Gasteiger charge is 2.31. The summed E-state index contributed by atoms with van der Waals surface area (Å²) in [5.74, 6) is 0. The minimum atomic E-state index is 0.310. The van der Waals surface area contributed by atoms with Crippen LogP contribution >= 0.6 is 0 Å². The van der Waals surface area contributed by atoms with Gasteiger partial charge in [0.25, 0.3) is 0 Å². The minimum absolute atomic E-state index is 0.310. The molecule has 0 unspecified atom stereocenters. The van der Waals surface area contributed by atoms with Gasteiger partial charge in [0, 0.05) is 0 Å². The van der Waals surface area contributed by atoms with E-state index in [1.807, 2.05) is 0 Å². The smallest absolute Gasteiger partial charge is 0.00132 e. The van der Waals surface area contributed by atoms with Crippen LogP contribution in [0.4, 0.5) is 0 Å². The molecule has 0 aromatic carbocycles. The van der Waals surface area contributed by atoms with Crippen molar-refractivity contribution in [2.75, 3.05) is 26.2 Å². The predicted octanol–water partition coefficient (Wildman–Crippen LogP) is 3.26. The number of hydrogen-bond acceptors (Lipinski definition) is 2. The van der Waals surface area contributed by atoms with Crippen LogP contribution in [0.2, 0.25) is 0 Å². The number of nitrogens with zero attached hydrogens (tertiary/aromatic N) is 1. The van der Waals surface area contributed by atoms with Gasteiger partial charge in [0.15, 0.2) is 0 Å². The van der Waals surface area contributed by atoms with Crippen molar-refractivity contribution in [3.63, 3.8) is 0 Å². The van der Waals surface area contributed by atoms with Crippen LogP contribution in [0.25, 0.3) is 0 Å². The van der Waals surface area contributed by atoms with Gasteiger partial charge in [-0.05, 0) is 56.3 Å². The van der Waals surface area contributed by atoms with Crippen molar-refractivity contribution in [1.29, 1.82) is 0 Å². The summed E-state index contributed by atoms with van der Waals surface area (Å²) in [5, 5.41) is 0. The van der Waals surface area contributed by atoms with Gasteiger partial charge in [0.05, 0.1) is 0 Å². The van der Waals surface area contributed by atoms with Crippen LogP contribution in [0.3, 0.4) is 0 Å². The number of likely N-dealkylation sites (tertiary alicyclic amines) is 1. The highest BCUT2D eigenvalue weighted by molar-refractivity contribution is 4.84. The molecule has 2 heteroatoms. The molecule has 0 aromatic heterocycles. The van der Waals surface area contributed by atoms with Crippen molar-refractivity contribution in [2.24, 2.45) is 16.6 Å². The van der Waals surface area contributed by atoms with Crippen molar-refractivity contribution in [1.82, 2.24) is 4.90 Å². The maximum Gasteiger partial charge on any atom is -0.00132 e. The average Bonchev–Trinajstić information content (AvgIpc) is 2.37. The van der Waals surface area contributed by atoms with Crippen LogP contribution in [-0.4, -0.2) is 31.1 Å². The first-order valence-corrected chi connectivity index (χ1v) is 7.39. The van der Waals surface area contributed by atoms with Crippen molar-refractivity contribution >= 4 is 0 Å². The van der Waals surface area contributed by atoms with Crippen LogP contribution in [0.5, 0.6) is 0 Å². The maximum absolute atomic E-state index is 5.79. The molecular weight excluding hydrogens is 208 g/mol. The summed E-state index contributed by atoms with van der Waals surface area (Å²) in [7, 11) is 0. The fourth-order valence-corrected chi connectivity index (χ4v) is 2.77. The first kappa shape index (κ1) is 15.0. The summed E-state index contributed by atoms with van der Waals surface area (Å²) in [4.78, 5) is 2.64. The summed E-state index contributed by atoms with van der Waals surface area (Å²) in [6.07, 6.45) is 6.72. The molecule has 1 rings (SSSR count). The third-order valence-electron chi connectivity index (χ3n) is 5.07. The Bertz CT molecular complexity index is 209. The molecule has 1 heterocycles. The standard InChI is InChI=1S/C15H32N2/c1-5-15(6-2)8-11-17(12-9-15)10-7-14(3,4)13-16/h5-13,16H2,1-4H3. The molecule has 1 aliphatic rings. The summed E-state index contributed by atoms with van der Waals surface area (Å²) in [6, 6.07) is 0. The van der Waals surface area contributed by atoms with Crippen LogP contribution in [0, 0.1) is 10.8 Å². The zero-order valence-electron chi connectivity index (χ0n) is 12.4. The van der Waals surface area contributed by atoms with Crippen molar-refractivity contribution in [3.8, 4) is 0 Å². The van der Waals surface area contributed by atoms with E-state index < -0.39 is 0 Å². The van der Waals surface area contributed by atoms with Crippen LogP contribution in [-0.2, 0) is 0 Å². The van der Waals surface area contributed by atoms with Crippen molar-refractivity contribution in [3.05, 3.63) is 0 Å². The zero-order valence-corrected chi connectivity index (χ0v) is 12.4. The Hall–Kier alpha value is -0.0800. The molecule has 0 atom stereocenters. The molecule has 1 saturated heterocycles. The number of hydrogen-bond donors (Lipinski definition) is 1. The largest absolute Gasteiger partial charge is 0.330 e. The Balaban J connectivity index is 2.33. The molecule has 1 aliphatic heterocycles. The van der Waals surface area contributed by atoms with E-state index in [4.69, 9.17) is 5.73 Å². The van der Waals surface area contributed by atoms with E-state index >= 15 is 0 Å². The summed E-state index contributed by atoms with van der Waals surface area (Å²) >= 11 is 0. The van der Waals surface area contributed by atoms with Crippen LogP contribution < -0.4 is 5.73 Å². The predicted molar refractivity (Wildman–Crippen MR) is 76.1 cm³/mol. The van der Waals surface area contributed by atoms with E-state index in [-0.39, 0.29) is 0 Å². The van der Waals surface area contributed by atoms with E-state index in [1.54, 1.807) is 0 Å². The van der Waals surface area contributed by atoms with E-state index in [0.717, 1.165) is 6.54 Å². The van der Waals surface area contributed by atoms with Gasteiger partial charge in [-0.25, -0.2) is 0 Å².